The minimum absolute atomic E-state index is 0.238. The summed E-state index contributed by atoms with van der Waals surface area (Å²) in [5, 5.41) is 2.40. The van der Waals surface area contributed by atoms with Gasteiger partial charge in [0.15, 0.2) is 4.05 Å². The van der Waals surface area contributed by atoms with E-state index < -0.39 is 10.0 Å². The Hall–Kier alpha value is -0.330. The van der Waals surface area contributed by atoms with Crippen molar-refractivity contribution in [2.45, 2.75) is 17.9 Å². The number of ether oxygens (including phenoxy) is 1. The van der Waals surface area contributed by atoms with Gasteiger partial charge >= 0.3 is 5.97 Å². The molecule has 0 bridgehead atoms. The van der Waals surface area contributed by atoms with Crippen LogP contribution in [0.1, 0.15) is 13.8 Å². The first-order valence-electron chi connectivity index (χ1n) is 3.15. The normalized spacial score (nSPS) is 11.9. The third-order valence-corrected chi connectivity index (χ3v) is 1.64. The van der Waals surface area contributed by atoms with Gasteiger partial charge < -0.3 is 10.1 Å². The Morgan fingerprint density at radius 2 is 2.18 bits per heavy atom. The van der Waals surface area contributed by atoms with Crippen molar-refractivity contribution in [3.63, 3.8) is 0 Å². The van der Waals surface area contributed by atoms with E-state index in [2.05, 4.69) is 10.1 Å². The van der Waals surface area contributed by atoms with E-state index in [1.54, 1.807) is 29.5 Å². The van der Waals surface area contributed by atoms with Crippen LogP contribution < -0.4 is 5.32 Å². The maximum absolute atomic E-state index is 10.8. The Morgan fingerprint density at radius 1 is 1.64 bits per heavy atom. The Kier molecular flexibility index (Phi) is 5.18. The monoisotopic (exact) mass is 271 g/mol. The van der Waals surface area contributed by atoms with Crippen molar-refractivity contribution in [3.05, 3.63) is 0 Å². The molecule has 5 heteroatoms. The largest absolute Gasteiger partial charge is 0.464 e. The zero-order valence-electron chi connectivity index (χ0n) is 6.39. The average Bonchev–Trinajstić information content (AvgIpc) is 1.86. The highest BCUT2D eigenvalue weighted by atomic mass is 127. The van der Waals surface area contributed by atoms with Crippen molar-refractivity contribution >= 4 is 34.5 Å². The van der Waals surface area contributed by atoms with Crippen molar-refractivity contribution in [3.8, 4) is 0 Å². The maximum atomic E-state index is 10.8. The quantitative estimate of drug-likeness (QED) is 0.351. The summed E-state index contributed by atoms with van der Waals surface area (Å²) < 4.78 is 4.06. The van der Waals surface area contributed by atoms with E-state index in [0.29, 0.717) is 6.61 Å². The van der Waals surface area contributed by atoms with Gasteiger partial charge in [0.25, 0.3) is 0 Å². The number of hydrogen-bond acceptors (Lipinski definition) is 3. The third-order valence-electron chi connectivity index (χ3n) is 0.824. The summed E-state index contributed by atoms with van der Waals surface area (Å²) in [5.74, 6) is -0.652. The second-order valence-electron chi connectivity index (χ2n) is 1.82. The lowest BCUT2D eigenvalue weighted by Gasteiger charge is -2.08. The maximum Gasteiger partial charge on any atom is 0.339 e. The molecule has 0 aromatic heterocycles. The number of carbonyl (C=O) groups excluding carboxylic acids is 2. The Labute approximate surface area is 78.8 Å². The smallest absolute Gasteiger partial charge is 0.339 e. The summed E-state index contributed by atoms with van der Waals surface area (Å²) in [7, 11) is 0. The molecule has 1 atom stereocenters. The molecule has 0 rings (SSSR count). The minimum atomic E-state index is -0.579. The van der Waals surface area contributed by atoms with Crippen molar-refractivity contribution in [1.29, 1.82) is 0 Å². The number of carbonyl (C=O) groups is 2. The number of rotatable bonds is 3. The topological polar surface area (TPSA) is 55.4 Å². The molecule has 64 valence electrons. The number of nitrogens with one attached hydrogen (secondary N) is 1. The Morgan fingerprint density at radius 3 is 2.55 bits per heavy atom. The number of alkyl halides is 1. The fourth-order valence-electron chi connectivity index (χ4n) is 0.453. The lowest BCUT2D eigenvalue weighted by molar-refractivity contribution is -0.143. The van der Waals surface area contributed by atoms with Crippen LogP contribution in [0.5, 0.6) is 0 Å². The molecule has 0 aliphatic carbocycles. The predicted octanol–water partition coefficient (Wildman–Crippen LogP) is 0.447. The lowest BCUT2D eigenvalue weighted by atomic mass is 10.6. The van der Waals surface area contributed by atoms with E-state index in [4.69, 9.17) is 0 Å². The summed E-state index contributed by atoms with van der Waals surface area (Å²) in [6, 6.07) is 0. The highest BCUT2D eigenvalue weighted by Crippen LogP contribution is 1.98. The molecule has 1 N–H and O–H groups in total. The number of esters is 1. The van der Waals surface area contributed by atoms with Gasteiger partial charge in [0.2, 0.25) is 5.91 Å². The summed E-state index contributed by atoms with van der Waals surface area (Å²) in [5.41, 5.74) is 0. The van der Waals surface area contributed by atoms with E-state index >= 15 is 0 Å². The molecule has 0 heterocycles. The van der Waals surface area contributed by atoms with Gasteiger partial charge in [0, 0.05) is 6.92 Å². The van der Waals surface area contributed by atoms with Gasteiger partial charge in [-0.3, -0.25) is 4.79 Å². The molecular formula is C6H10INO3. The van der Waals surface area contributed by atoms with Crippen molar-refractivity contribution in [2.75, 3.05) is 6.61 Å². The first kappa shape index (κ1) is 10.7. The molecule has 0 aromatic carbocycles. The average molecular weight is 271 g/mol. The molecule has 0 unspecified atom stereocenters. The summed E-state index contributed by atoms with van der Waals surface area (Å²) in [4.78, 5) is 21.3. The van der Waals surface area contributed by atoms with Crippen molar-refractivity contribution in [2.24, 2.45) is 0 Å². The molecule has 0 fully saturated rings. The molecule has 0 radical (unpaired) electrons. The molecule has 0 aromatic rings. The number of hydrogen-bond donors (Lipinski definition) is 1. The van der Waals surface area contributed by atoms with Gasteiger partial charge in [-0.05, 0) is 29.5 Å². The summed E-state index contributed by atoms with van der Waals surface area (Å²) >= 11 is 1.80. The third kappa shape index (κ3) is 5.00. The second kappa shape index (κ2) is 5.34. The summed E-state index contributed by atoms with van der Waals surface area (Å²) in [6.45, 7) is 3.40. The van der Waals surface area contributed by atoms with Crippen LogP contribution in [0.4, 0.5) is 0 Å². The highest BCUT2D eigenvalue weighted by molar-refractivity contribution is 14.1. The van der Waals surface area contributed by atoms with E-state index in [0.717, 1.165) is 0 Å². The van der Waals surface area contributed by atoms with Crippen LogP contribution in [-0.2, 0) is 14.3 Å². The van der Waals surface area contributed by atoms with Crippen LogP contribution in [0.25, 0.3) is 0 Å². The van der Waals surface area contributed by atoms with Crippen LogP contribution >= 0.6 is 22.6 Å². The lowest BCUT2D eigenvalue weighted by Crippen LogP contribution is -2.35. The van der Waals surface area contributed by atoms with Gasteiger partial charge in [-0.1, -0.05) is 0 Å². The van der Waals surface area contributed by atoms with Crippen LogP contribution in [0.15, 0.2) is 0 Å². The molecular weight excluding hydrogens is 261 g/mol. The van der Waals surface area contributed by atoms with Crippen LogP contribution in [0.2, 0.25) is 0 Å². The molecule has 0 aliphatic rings. The van der Waals surface area contributed by atoms with E-state index in [1.165, 1.54) is 6.92 Å². The first-order valence-corrected chi connectivity index (χ1v) is 4.40. The first-order chi connectivity index (χ1) is 5.07. The van der Waals surface area contributed by atoms with Gasteiger partial charge in [-0.15, -0.1) is 0 Å². The second-order valence-corrected chi connectivity index (χ2v) is 3.06. The van der Waals surface area contributed by atoms with Crippen molar-refractivity contribution < 1.29 is 14.3 Å². The van der Waals surface area contributed by atoms with Gasteiger partial charge in [-0.2, -0.15) is 0 Å². The van der Waals surface area contributed by atoms with Gasteiger partial charge in [0.05, 0.1) is 6.61 Å². The van der Waals surface area contributed by atoms with Crippen molar-refractivity contribution in [1.82, 2.24) is 5.32 Å². The molecule has 0 aliphatic heterocycles. The van der Waals surface area contributed by atoms with Gasteiger partial charge in [-0.25, -0.2) is 4.79 Å². The van der Waals surface area contributed by atoms with E-state index in [9.17, 15) is 9.59 Å². The summed E-state index contributed by atoms with van der Waals surface area (Å²) in [6.07, 6.45) is 0. The zero-order valence-corrected chi connectivity index (χ0v) is 8.54. The number of halogens is 1. The Bertz CT molecular complexity index is 160. The standard InChI is InChI=1S/C6H10INO3/c1-3-11-6(10)5(7)8-4(2)9/h5H,3H2,1-2H3,(H,8,9)/t5-/m0/s1. The molecule has 4 nitrogen and oxygen atoms in total. The predicted molar refractivity (Wildman–Crippen MR) is 48.3 cm³/mol. The Balaban J connectivity index is 3.73. The minimum Gasteiger partial charge on any atom is -0.464 e. The number of amides is 1. The van der Waals surface area contributed by atoms with Crippen LogP contribution in [0, 0.1) is 0 Å². The fourth-order valence-corrected chi connectivity index (χ4v) is 1.07. The van der Waals surface area contributed by atoms with Crippen LogP contribution in [0.3, 0.4) is 0 Å². The van der Waals surface area contributed by atoms with E-state index in [1.807, 2.05) is 0 Å². The molecule has 11 heavy (non-hydrogen) atoms. The highest BCUT2D eigenvalue weighted by Gasteiger charge is 2.15. The molecule has 1 amide bonds. The molecule has 0 spiro atoms. The van der Waals surface area contributed by atoms with Gasteiger partial charge in [0.1, 0.15) is 0 Å². The zero-order chi connectivity index (χ0) is 8.85. The SMILES string of the molecule is CCOC(=O)[C@@H](I)NC(C)=O. The van der Waals surface area contributed by atoms with E-state index in [-0.39, 0.29) is 5.91 Å². The van der Waals surface area contributed by atoms with Crippen LogP contribution in [-0.4, -0.2) is 22.5 Å². The fraction of sp³-hybridized carbons (Fsp3) is 0.667. The molecule has 0 saturated carbocycles. The molecule has 0 saturated heterocycles.